The second-order valence-corrected chi connectivity index (χ2v) is 4.82. The molecule has 0 aliphatic carbocycles. The summed E-state index contributed by atoms with van der Waals surface area (Å²) in [6.45, 7) is 0.275. The second-order valence-electron chi connectivity index (χ2n) is 4.82. The first kappa shape index (κ1) is 14.5. The maximum Gasteiger partial charge on any atom is 0.311 e. The number of hydrogen-bond donors (Lipinski definition) is 2. The van der Waals surface area contributed by atoms with Gasteiger partial charge in [-0.3, -0.25) is 9.59 Å². The van der Waals surface area contributed by atoms with E-state index in [9.17, 15) is 9.59 Å². The molecule has 1 aromatic rings. The van der Waals surface area contributed by atoms with Crippen LogP contribution in [0.25, 0.3) is 0 Å². The summed E-state index contributed by atoms with van der Waals surface area (Å²) < 4.78 is 5.17. The Morgan fingerprint density at radius 2 is 1.95 bits per heavy atom. The monoisotopic (exact) mass is 279 g/mol. The molecule has 6 heteroatoms. The van der Waals surface area contributed by atoms with Gasteiger partial charge in [0.2, 0.25) is 0 Å². The highest BCUT2D eigenvalue weighted by Crippen LogP contribution is 2.21. The first-order chi connectivity index (χ1) is 9.54. The number of aliphatic hydroxyl groups excluding tert-OH is 1. The summed E-state index contributed by atoms with van der Waals surface area (Å²) in [6.07, 6.45) is 0. The molecule has 1 saturated heterocycles. The van der Waals surface area contributed by atoms with Crippen LogP contribution in [0, 0.1) is 5.92 Å². The van der Waals surface area contributed by atoms with Gasteiger partial charge in [0, 0.05) is 12.6 Å². The van der Waals surface area contributed by atoms with E-state index in [1.165, 1.54) is 4.90 Å². The van der Waals surface area contributed by atoms with Crippen molar-refractivity contribution < 1.29 is 24.5 Å². The molecular formula is C14H17NO5. The van der Waals surface area contributed by atoms with Gasteiger partial charge in [-0.05, 0) is 17.7 Å². The summed E-state index contributed by atoms with van der Waals surface area (Å²) >= 11 is 0. The van der Waals surface area contributed by atoms with Crippen molar-refractivity contribution in [3.63, 3.8) is 0 Å². The number of rotatable bonds is 4. The van der Waals surface area contributed by atoms with Crippen LogP contribution in [0.5, 0.6) is 0 Å². The average Bonchev–Trinajstić information content (AvgIpc) is 2.95. The van der Waals surface area contributed by atoms with E-state index >= 15 is 0 Å². The molecule has 6 nitrogen and oxygen atoms in total. The third-order valence-corrected chi connectivity index (χ3v) is 3.57. The minimum atomic E-state index is -0.956. The lowest BCUT2D eigenvalue weighted by atomic mass is 10.0. The van der Waals surface area contributed by atoms with Gasteiger partial charge in [-0.1, -0.05) is 12.1 Å². The Bertz CT molecular complexity index is 499. The Labute approximate surface area is 116 Å². The van der Waals surface area contributed by atoms with E-state index in [2.05, 4.69) is 0 Å². The van der Waals surface area contributed by atoms with E-state index in [0.29, 0.717) is 5.56 Å². The minimum absolute atomic E-state index is 0.0815. The Balaban J connectivity index is 2.13. The quantitative estimate of drug-likeness (QED) is 0.830. The van der Waals surface area contributed by atoms with Crippen molar-refractivity contribution in [1.29, 1.82) is 0 Å². The van der Waals surface area contributed by atoms with Gasteiger partial charge in [-0.15, -0.1) is 0 Å². The highest BCUT2D eigenvalue weighted by atomic mass is 16.5. The number of ether oxygens (including phenoxy) is 1. The van der Waals surface area contributed by atoms with Crippen molar-refractivity contribution >= 4 is 11.9 Å². The molecule has 108 valence electrons. The number of hydrogen-bond acceptors (Lipinski definition) is 4. The molecule has 2 unspecified atom stereocenters. The molecule has 1 fully saturated rings. The highest BCUT2D eigenvalue weighted by molar-refractivity contribution is 5.94. The van der Waals surface area contributed by atoms with Crippen LogP contribution in [0.1, 0.15) is 15.9 Å². The van der Waals surface area contributed by atoms with E-state index in [-0.39, 0.29) is 25.7 Å². The number of benzene rings is 1. The molecular weight excluding hydrogens is 262 g/mol. The molecule has 1 aromatic carbocycles. The molecule has 1 aliphatic rings. The first-order valence-electron chi connectivity index (χ1n) is 6.32. The van der Waals surface area contributed by atoms with Gasteiger partial charge in [0.25, 0.3) is 5.91 Å². The second kappa shape index (κ2) is 6.02. The lowest BCUT2D eigenvalue weighted by molar-refractivity contribution is -0.142. The van der Waals surface area contributed by atoms with Crippen LogP contribution in [-0.2, 0) is 16.1 Å². The summed E-state index contributed by atoms with van der Waals surface area (Å²) in [7, 11) is 1.58. The van der Waals surface area contributed by atoms with Crippen LogP contribution in [0.2, 0.25) is 0 Å². The zero-order valence-corrected chi connectivity index (χ0v) is 11.2. The molecule has 2 atom stereocenters. The Kier molecular flexibility index (Phi) is 4.36. The predicted octanol–water partition coefficient (Wildman–Crippen LogP) is 0.350. The largest absolute Gasteiger partial charge is 0.481 e. The smallest absolute Gasteiger partial charge is 0.311 e. The highest BCUT2D eigenvalue weighted by Gasteiger charge is 2.38. The molecule has 0 aromatic heterocycles. The average molecular weight is 279 g/mol. The maximum atomic E-state index is 12.3. The Hall–Kier alpha value is -1.92. The molecule has 2 N–H and O–H groups in total. The third kappa shape index (κ3) is 2.81. The number of amides is 1. The van der Waals surface area contributed by atoms with Crippen LogP contribution < -0.4 is 0 Å². The number of carboxylic acids is 1. The summed E-state index contributed by atoms with van der Waals surface area (Å²) in [5.41, 5.74) is 1.18. The minimum Gasteiger partial charge on any atom is -0.481 e. The van der Waals surface area contributed by atoms with Crippen molar-refractivity contribution in [3.8, 4) is 0 Å². The van der Waals surface area contributed by atoms with Gasteiger partial charge < -0.3 is 19.8 Å². The van der Waals surface area contributed by atoms with Crippen LogP contribution in [0.15, 0.2) is 24.3 Å². The van der Waals surface area contributed by atoms with Crippen molar-refractivity contribution in [3.05, 3.63) is 35.4 Å². The molecule has 1 heterocycles. The van der Waals surface area contributed by atoms with Gasteiger partial charge in [-0.25, -0.2) is 0 Å². The van der Waals surface area contributed by atoms with E-state index in [4.69, 9.17) is 14.9 Å². The van der Waals surface area contributed by atoms with Crippen molar-refractivity contribution in [2.24, 2.45) is 5.92 Å². The topological polar surface area (TPSA) is 87.1 Å². The van der Waals surface area contributed by atoms with E-state index in [0.717, 1.165) is 5.56 Å². The summed E-state index contributed by atoms with van der Waals surface area (Å²) in [5, 5.41) is 18.1. The van der Waals surface area contributed by atoms with Crippen molar-refractivity contribution in [2.75, 3.05) is 20.3 Å². The fraction of sp³-hybridized carbons (Fsp3) is 0.429. The number of likely N-dealkylation sites (N-methyl/N-ethyl adjacent to an activating group) is 1. The summed E-state index contributed by atoms with van der Waals surface area (Å²) in [4.78, 5) is 24.8. The summed E-state index contributed by atoms with van der Waals surface area (Å²) in [5.74, 6) is -1.90. The molecule has 20 heavy (non-hydrogen) atoms. The van der Waals surface area contributed by atoms with Crippen LogP contribution in [0.3, 0.4) is 0 Å². The number of carboxylic acid groups (broad SMARTS) is 1. The van der Waals surface area contributed by atoms with E-state index in [1.54, 1.807) is 31.3 Å². The number of aliphatic carboxylic acids is 1. The van der Waals surface area contributed by atoms with Crippen molar-refractivity contribution in [1.82, 2.24) is 4.90 Å². The molecule has 0 bridgehead atoms. The van der Waals surface area contributed by atoms with Gasteiger partial charge in [0.05, 0.1) is 25.9 Å². The number of aliphatic hydroxyl groups is 1. The van der Waals surface area contributed by atoms with E-state index in [1.807, 2.05) is 0 Å². The Morgan fingerprint density at radius 1 is 1.30 bits per heavy atom. The molecule has 2 rings (SSSR count). The molecule has 1 aliphatic heterocycles. The van der Waals surface area contributed by atoms with Crippen LogP contribution >= 0.6 is 0 Å². The molecule has 0 spiro atoms. The SMILES string of the molecule is CN(C(=O)c1ccc(CO)cc1)C1COCC1C(=O)O. The van der Waals surface area contributed by atoms with E-state index < -0.39 is 17.9 Å². The normalized spacial score (nSPS) is 21.7. The van der Waals surface area contributed by atoms with Gasteiger partial charge in [0.15, 0.2) is 0 Å². The number of carbonyl (C=O) groups excluding carboxylic acids is 1. The third-order valence-electron chi connectivity index (χ3n) is 3.57. The number of nitrogens with zero attached hydrogens (tertiary/aromatic N) is 1. The zero-order chi connectivity index (χ0) is 14.7. The van der Waals surface area contributed by atoms with Gasteiger partial charge in [0.1, 0.15) is 5.92 Å². The standard InChI is InChI=1S/C14H17NO5/c1-15(12-8-20-7-11(12)14(18)19)13(17)10-4-2-9(6-16)3-5-10/h2-5,11-12,16H,6-8H2,1H3,(H,18,19). The first-order valence-corrected chi connectivity index (χ1v) is 6.32. The van der Waals surface area contributed by atoms with Gasteiger partial charge >= 0.3 is 5.97 Å². The van der Waals surface area contributed by atoms with Crippen LogP contribution in [0.4, 0.5) is 0 Å². The Morgan fingerprint density at radius 3 is 2.50 bits per heavy atom. The van der Waals surface area contributed by atoms with Crippen LogP contribution in [-0.4, -0.2) is 53.3 Å². The molecule has 0 saturated carbocycles. The fourth-order valence-corrected chi connectivity index (χ4v) is 2.27. The molecule has 1 amide bonds. The molecule has 0 radical (unpaired) electrons. The van der Waals surface area contributed by atoms with Crippen molar-refractivity contribution in [2.45, 2.75) is 12.6 Å². The zero-order valence-electron chi connectivity index (χ0n) is 11.2. The lowest BCUT2D eigenvalue weighted by Crippen LogP contribution is -2.44. The lowest BCUT2D eigenvalue weighted by Gasteiger charge is -2.26. The predicted molar refractivity (Wildman–Crippen MR) is 70.2 cm³/mol. The van der Waals surface area contributed by atoms with Gasteiger partial charge in [-0.2, -0.15) is 0 Å². The summed E-state index contributed by atoms with van der Waals surface area (Å²) in [6, 6.07) is 6.12. The maximum absolute atomic E-state index is 12.3. The number of carbonyl (C=O) groups is 2. The fourth-order valence-electron chi connectivity index (χ4n) is 2.27.